The van der Waals surface area contributed by atoms with Crippen LogP contribution in [0, 0.1) is 3.57 Å². The van der Waals surface area contributed by atoms with Crippen LogP contribution < -0.4 is 24.6 Å². The molecule has 1 N–H and O–H groups in total. The van der Waals surface area contributed by atoms with Crippen LogP contribution in [-0.2, 0) is 9.59 Å². The number of benzene rings is 3. The summed E-state index contributed by atoms with van der Waals surface area (Å²) in [5.41, 5.74) is 3.88. The highest BCUT2D eigenvalue weighted by atomic mass is 127. The first-order valence-electron chi connectivity index (χ1n) is 10.8. The Morgan fingerprint density at radius 1 is 1.00 bits per heavy atom. The van der Waals surface area contributed by atoms with Crippen LogP contribution in [0.25, 0.3) is 6.08 Å². The number of carbonyl (C=O) groups excluding carboxylic acids is 2. The number of hydrazine groups is 1. The molecule has 0 aliphatic carbocycles. The zero-order chi connectivity index (χ0) is 24.8. The van der Waals surface area contributed by atoms with Crippen LogP contribution in [-0.4, -0.2) is 32.1 Å². The number of amides is 2. The van der Waals surface area contributed by atoms with E-state index in [1.807, 2.05) is 24.3 Å². The second-order valence-electron chi connectivity index (χ2n) is 7.51. The molecule has 1 saturated heterocycles. The molecule has 0 unspecified atom stereocenters. The molecule has 1 fully saturated rings. The summed E-state index contributed by atoms with van der Waals surface area (Å²) in [6, 6.07) is 19.7. The Bertz CT molecular complexity index is 1250. The fraction of sp³-hybridized carbons (Fsp3) is 0.154. The summed E-state index contributed by atoms with van der Waals surface area (Å²) < 4.78 is 17.9. The van der Waals surface area contributed by atoms with E-state index in [1.54, 1.807) is 55.7 Å². The first kappa shape index (κ1) is 24.9. The quantitative estimate of drug-likeness (QED) is 0.156. The first-order chi connectivity index (χ1) is 17.0. The number of rotatable bonds is 9. The van der Waals surface area contributed by atoms with Crippen LogP contribution >= 0.6 is 34.2 Å². The van der Waals surface area contributed by atoms with E-state index >= 15 is 0 Å². The molecule has 9 heteroatoms. The maximum absolute atomic E-state index is 12.8. The standard InChI is InChI=1S/C26H22ClIN2O5/c1-33-23-16-17(14-21-25(31)29-30(26(21)32)19-6-3-2-4-7-19)15-22(28)24(23)35-13-5-12-34-20-10-8-18(27)9-11-20/h2-4,6-11,14-16H,5,12-13H2,1H3,(H,29,31). The van der Waals surface area contributed by atoms with Gasteiger partial charge in [-0.25, -0.2) is 5.01 Å². The Hall–Kier alpha value is -3.24. The Balaban J connectivity index is 1.41. The van der Waals surface area contributed by atoms with E-state index in [2.05, 4.69) is 28.0 Å². The molecule has 1 aliphatic heterocycles. The van der Waals surface area contributed by atoms with Gasteiger partial charge in [-0.3, -0.25) is 15.0 Å². The third-order valence-electron chi connectivity index (χ3n) is 5.09. The summed E-state index contributed by atoms with van der Waals surface area (Å²) >= 11 is 8.03. The van der Waals surface area contributed by atoms with E-state index in [0.717, 1.165) is 9.32 Å². The molecule has 180 valence electrons. The van der Waals surface area contributed by atoms with E-state index in [9.17, 15) is 9.59 Å². The van der Waals surface area contributed by atoms with Crippen molar-refractivity contribution < 1.29 is 23.8 Å². The highest BCUT2D eigenvalue weighted by molar-refractivity contribution is 14.1. The second-order valence-corrected chi connectivity index (χ2v) is 9.11. The van der Waals surface area contributed by atoms with Crippen LogP contribution in [0.1, 0.15) is 12.0 Å². The Morgan fingerprint density at radius 2 is 1.71 bits per heavy atom. The van der Waals surface area contributed by atoms with Crippen LogP contribution in [0.4, 0.5) is 5.69 Å². The van der Waals surface area contributed by atoms with Crippen molar-refractivity contribution in [3.05, 3.63) is 86.5 Å². The van der Waals surface area contributed by atoms with Crippen LogP contribution in [0.15, 0.2) is 72.3 Å². The van der Waals surface area contributed by atoms with Crippen molar-refractivity contribution in [3.8, 4) is 17.2 Å². The van der Waals surface area contributed by atoms with Gasteiger partial charge in [0.15, 0.2) is 11.5 Å². The lowest BCUT2D eigenvalue weighted by atomic mass is 10.1. The van der Waals surface area contributed by atoms with Gasteiger partial charge in [0.1, 0.15) is 11.3 Å². The normalized spacial score (nSPS) is 14.3. The number of methoxy groups -OCH3 is 1. The van der Waals surface area contributed by atoms with E-state index in [-0.39, 0.29) is 5.57 Å². The Labute approximate surface area is 221 Å². The number of ether oxygens (including phenoxy) is 3. The molecule has 4 rings (SSSR count). The van der Waals surface area contributed by atoms with Gasteiger partial charge in [0.2, 0.25) is 0 Å². The van der Waals surface area contributed by atoms with E-state index < -0.39 is 11.8 Å². The highest BCUT2D eigenvalue weighted by Crippen LogP contribution is 2.35. The van der Waals surface area contributed by atoms with Crippen LogP contribution in [0.2, 0.25) is 5.02 Å². The van der Waals surface area contributed by atoms with Gasteiger partial charge in [0.05, 0.1) is 29.6 Å². The number of halogens is 2. The SMILES string of the molecule is COc1cc(C=C2C(=O)NN(c3ccccc3)C2=O)cc(I)c1OCCCOc1ccc(Cl)cc1. The summed E-state index contributed by atoms with van der Waals surface area (Å²) in [6.45, 7) is 0.910. The minimum atomic E-state index is -0.464. The number of hydrogen-bond acceptors (Lipinski definition) is 5. The number of carbonyl (C=O) groups is 2. The molecule has 3 aromatic carbocycles. The fourth-order valence-corrected chi connectivity index (χ4v) is 4.31. The zero-order valence-corrected chi connectivity index (χ0v) is 21.7. The van der Waals surface area contributed by atoms with E-state index in [1.165, 1.54) is 5.01 Å². The number of nitrogens with one attached hydrogen (secondary N) is 1. The number of nitrogens with zero attached hydrogens (tertiary/aromatic N) is 1. The first-order valence-corrected chi connectivity index (χ1v) is 12.2. The fourth-order valence-electron chi connectivity index (χ4n) is 3.40. The van der Waals surface area contributed by atoms with E-state index in [0.29, 0.717) is 47.4 Å². The van der Waals surface area contributed by atoms with Gasteiger partial charge >= 0.3 is 0 Å². The molecular weight excluding hydrogens is 583 g/mol. The van der Waals surface area contributed by atoms with Crippen molar-refractivity contribution in [3.63, 3.8) is 0 Å². The van der Waals surface area contributed by atoms with Crippen molar-refractivity contribution >= 4 is 57.8 Å². The number of hydrogen-bond donors (Lipinski definition) is 1. The smallest absolute Gasteiger partial charge is 0.282 e. The molecule has 0 radical (unpaired) electrons. The van der Waals surface area contributed by atoms with Crippen molar-refractivity contribution in [2.24, 2.45) is 0 Å². The average molecular weight is 605 g/mol. The molecule has 0 atom stereocenters. The largest absolute Gasteiger partial charge is 0.493 e. The van der Waals surface area contributed by atoms with E-state index in [4.69, 9.17) is 25.8 Å². The Morgan fingerprint density at radius 3 is 2.43 bits per heavy atom. The van der Waals surface area contributed by atoms with Crippen molar-refractivity contribution in [1.29, 1.82) is 0 Å². The monoisotopic (exact) mass is 604 g/mol. The summed E-state index contributed by atoms with van der Waals surface area (Å²) in [4.78, 5) is 25.3. The van der Waals surface area contributed by atoms with Gasteiger partial charge in [-0.2, -0.15) is 0 Å². The van der Waals surface area contributed by atoms with Crippen molar-refractivity contribution in [2.45, 2.75) is 6.42 Å². The zero-order valence-electron chi connectivity index (χ0n) is 18.8. The lowest BCUT2D eigenvalue weighted by Crippen LogP contribution is -2.35. The van der Waals surface area contributed by atoms with Crippen LogP contribution in [0.3, 0.4) is 0 Å². The molecule has 7 nitrogen and oxygen atoms in total. The predicted molar refractivity (Wildman–Crippen MR) is 143 cm³/mol. The molecule has 3 aromatic rings. The minimum Gasteiger partial charge on any atom is -0.493 e. The molecule has 0 spiro atoms. The molecule has 2 amide bonds. The summed E-state index contributed by atoms with van der Waals surface area (Å²) in [5, 5.41) is 1.90. The molecular formula is C26H22ClIN2O5. The molecule has 0 saturated carbocycles. The van der Waals surface area contributed by atoms with Gasteiger partial charge in [-0.1, -0.05) is 29.8 Å². The summed E-state index contributed by atoms with van der Waals surface area (Å²) in [6.07, 6.45) is 2.21. The Kier molecular flexibility index (Phi) is 8.14. The predicted octanol–water partition coefficient (Wildman–Crippen LogP) is 5.26. The molecule has 0 bridgehead atoms. The topological polar surface area (TPSA) is 77.1 Å². The van der Waals surface area contributed by atoms with Gasteiger partial charge < -0.3 is 14.2 Å². The van der Waals surface area contributed by atoms with Crippen LogP contribution in [0.5, 0.6) is 17.2 Å². The van der Waals surface area contributed by atoms with Gasteiger partial charge in [-0.05, 0) is 82.8 Å². The molecule has 1 aliphatic rings. The van der Waals surface area contributed by atoms with Gasteiger partial charge in [0, 0.05) is 11.4 Å². The molecule has 35 heavy (non-hydrogen) atoms. The van der Waals surface area contributed by atoms with Gasteiger partial charge in [-0.15, -0.1) is 0 Å². The second kappa shape index (κ2) is 11.5. The highest BCUT2D eigenvalue weighted by Gasteiger charge is 2.34. The molecule has 0 aromatic heterocycles. The molecule has 1 heterocycles. The maximum Gasteiger partial charge on any atom is 0.282 e. The number of para-hydroxylation sites is 1. The summed E-state index contributed by atoms with van der Waals surface area (Å²) in [7, 11) is 1.55. The average Bonchev–Trinajstić information content (AvgIpc) is 3.14. The lowest BCUT2D eigenvalue weighted by molar-refractivity contribution is -0.117. The van der Waals surface area contributed by atoms with Gasteiger partial charge in [0.25, 0.3) is 11.8 Å². The maximum atomic E-state index is 12.8. The van der Waals surface area contributed by atoms with Crippen molar-refractivity contribution in [1.82, 2.24) is 5.43 Å². The number of anilines is 1. The lowest BCUT2D eigenvalue weighted by Gasteiger charge is -2.14. The third-order valence-corrected chi connectivity index (χ3v) is 6.14. The minimum absolute atomic E-state index is 0.0414. The van der Waals surface area contributed by atoms with Crippen molar-refractivity contribution in [2.75, 3.05) is 25.3 Å². The third kappa shape index (κ3) is 6.07. The summed E-state index contributed by atoms with van der Waals surface area (Å²) in [5.74, 6) is 0.961.